The van der Waals surface area contributed by atoms with E-state index in [0.717, 1.165) is 42.4 Å². The lowest BCUT2D eigenvalue weighted by molar-refractivity contribution is -0.196. The first-order valence-electron chi connectivity index (χ1n) is 9.63. The van der Waals surface area contributed by atoms with Crippen molar-refractivity contribution in [3.05, 3.63) is 34.3 Å². The van der Waals surface area contributed by atoms with Crippen LogP contribution in [-0.2, 0) is 9.47 Å². The summed E-state index contributed by atoms with van der Waals surface area (Å²) < 4.78 is 13.0. The normalized spacial score (nSPS) is 28.5. The highest BCUT2D eigenvalue weighted by atomic mass is 79.9. The van der Waals surface area contributed by atoms with Gasteiger partial charge in [0.25, 0.3) is 5.91 Å². The Morgan fingerprint density at radius 3 is 2.50 bits per heavy atom. The van der Waals surface area contributed by atoms with E-state index >= 15 is 0 Å². The molecule has 26 heavy (non-hydrogen) atoms. The van der Waals surface area contributed by atoms with Gasteiger partial charge in [-0.2, -0.15) is 0 Å². The molecule has 3 fully saturated rings. The third-order valence-corrected chi connectivity index (χ3v) is 6.65. The van der Waals surface area contributed by atoms with E-state index in [2.05, 4.69) is 20.8 Å². The van der Waals surface area contributed by atoms with Crippen LogP contribution in [-0.4, -0.2) is 66.9 Å². The minimum atomic E-state index is -0.425. The summed E-state index contributed by atoms with van der Waals surface area (Å²) in [5.41, 5.74) is 0.740. The van der Waals surface area contributed by atoms with Gasteiger partial charge < -0.3 is 14.4 Å². The minimum Gasteiger partial charge on any atom is -0.347 e. The Hall–Kier alpha value is -0.950. The average Bonchev–Trinajstić information content (AvgIpc) is 3.34. The molecule has 1 saturated carbocycles. The smallest absolute Gasteiger partial charge is 0.253 e. The summed E-state index contributed by atoms with van der Waals surface area (Å²) in [5, 5.41) is 0. The summed E-state index contributed by atoms with van der Waals surface area (Å²) in [5.74, 6) is -0.332. The average molecular weight is 423 g/mol. The molecule has 1 aliphatic carbocycles. The van der Waals surface area contributed by atoms with Crippen LogP contribution in [0.1, 0.15) is 42.5 Å². The minimum absolute atomic E-state index is 0.0934. The SMILES string of the molecule is CN(C(=O)c1ccc(Br)cc1)[C@H]1CCC2(C[C@@H]1N1CCCC1)OCCO2. The zero-order chi connectivity index (χ0) is 18.1. The number of rotatable bonds is 3. The highest BCUT2D eigenvalue weighted by Crippen LogP contribution is 2.40. The lowest BCUT2D eigenvalue weighted by Gasteiger charge is -2.47. The molecular weight excluding hydrogens is 396 g/mol. The first-order chi connectivity index (χ1) is 12.6. The molecule has 1 amide bonds. The molecule has 1 aromatic rings. The number of nitrogens with zero attached hydrogens (tertiary/aromatic N) is 2. The van der Waals surface area contributed by atoms with Crippen molar-refractivity contribution in [3.63, 3.8) is 0 Å². The van der Waals surface area contributed by atoms with Gasteiger partial charge in [0.15, 0.2) is 5.79 Å². The molecule has 1 aromatic carbocycles. The standard InChI is InChI=1S/C20H27BrN2O3/c1-22(19(24)15-4-6-16(21)7-5-15)17-8-9-20(25-12-13-26-20)14-18(17)23-10-2-3-11-23/h4-7,17-18H,2-3,8-14H2,1H3/t17-,18-/m0/s1. The molecule has 2 atom stereocenters. The molecule has 0 bridgehead atoms. The number of halogens is 1. The number of carbonyl (C=O) groups excluding carboxylic acids is 1. The fourth-order valence-electron chi connectivity index (χ4n) is 4.72. The third-order valence-electron chi connectivity index (χ3n) is 6.12. The topological polar surface area (TPSA) is 42.0 Å². The lowest BCUT2D eigenvalue weighted by atomic mass is 9.83. The second kappa shape index (κ2) is 7.58. The molecule has 0 unspecified atom stereocenters. The number of likely N-dealkylation sites (tertiary alicyclic amines) is 1. The van der Waals surface area contributed by atoms with E-state index in [1.165, 1.54) is 12.8 Å². The second-order valence-corrected chi connectivity index (χ2v) is 8.57. The monoisotopic (exact) mass is 422 g/mol. The third kappa shape index (κ3) is 3.57. The Morgan fingerprint density at radius 2 is 1.85 bits per heavy atom. The molecule has 2 heterocycles. The summed E-state index contributed by atoms with van der Waals surface area (Å²) >= 11 is 3.44. The van der Waals surface area contributed by atoms with Gasteiger partial charge in [-0.15, -0.1) is 0 Å². The van der Waals surface area contributed by atoms with Crippen LogP contribution in [0.5, 0.6) is 0 Å². The van der Waals surface area contributed by atoms with Crippen LogP contribution in [0.25, 0.3) is 0 Å². The zero-order valence-electron chi connectivity index (χ0n) is 15.3. The van der Waals surface area contributed by atoms with Crippen molar-refractivity contribution in [2.75, 3.05) is 33.4 Å². The van der Waals surface area contributed by atoms with Crippen molar-refractivity contribution in [2.24, 2.45) is 0 Å². The highest BCUT2D eigenvalue weighted by Gasteiger charge is 2.48. The number of likely N-dealkylation sites (N-methyl/N-ethyl adjacent to an activating group) is 1. The molecule has 4 rings (SSSR count). The first-order valence-corrected chi connectivity index (χ1v) is 10.4. The maximum Gasteiger partial charge on any atom is 0.253 e. The predicted molar refractivity (Wildman–Crippen MR) is 103 cm³/mol. The predicted octanol–water partition coefficient (Wildman–Crippen LogP) is 3.28. The van der Waals surface area contributed by atoms with Crippen molar-refractivity contribution in [2.45, 2.75) is 50.0 Å². The van der Waals surface area contributed by atoms with Crippen LogP contribution >= 0.6 is 15.9 Å². The van der Waals surface area contributed by atoms with E-state index in [9.17, 15) is 4.79 Å². The van der Waals surface area contributed by atoms with E-state index in [-0.39, 0.29) is 11.9 Å². The molecule has 5 nitrogen and oxygen atoms in total. The number of hydrogen-bond donors (Lipinski definition) is 0. The van der Waals surface area contributed by atoms with Gasteiger partial charge in [0.1, 0.15) is 0 Å². The number of amides is 1. The number of benzene rings is 1. The Balaban J connectivity index is 1.54. The summed E-state index contributed by atoms with van der Waals surface area (Å²) in [6.07, 6.45) is 5.11. The Kier molecular flexibility index (Phi) is 5.37. The highest BCUT2D eigenvalue weighted by molar-refractivity contribution is 9.10. The van der Waals surface area contributed by atoms with Crippen molar-refractivity contribution < 1.29 is 14.3 Å². The van der Waals surface area contributed by atoms with Crippen LogP contribution in [0, 0.1) is 0 Å². The van der Waals surface area contributed by atoms with E-state index in [4.69, 9.17) is 9.47 Å². The number of hydrogen-bond acceptors (Lipinski definition) is 4. The van der Waals surface area contributed by atoms with Crippen molar-refractivity contribution >= 4 is 21.8 Å². The molecule has 1 spiro atoms. The van der Waals surface area contributed by atoms with Gasteiger partial charge >= 0.3 is 0 Å². The van der Waals surface area contributed by atoms with Crippen molar-refractivity contribution in [3.8, 4) is 0 Å². The molecule has 142 valence electrons. The summed E-state index contributed by atoms with van der Waals surface area (Å²) in [6.45, 7) is 3.59. The van der Waals surface area contributed by atoms with Crippen molar-refractivity contribution in [1.82, 2.24) is 9.80 Å². The molecule has 2 saturated heterocycles. The largest absolute Gasteiger partial charge is 0.347 e. The molecule has 2 aliphatic heterocycles. The number of carbonyl (C=O) groups is 1. The second-order valence-electron chi connectivity index (χ2n) is 7.65. The van der Waals surface area contributed by atoms with Crippen LogP contribution in [0.15, 0.2) is 28.7 Å². The Bertz CT molecular complexity index is 639. The summed E-state index contributed by atoms with van der Waals surface area (Å²) in [6, 6.07) is 8.13. The molecule has 0 aromatic heterocycles. The summed E-state index contributed by atoms with van der Waals surface area (Å²) in [4.78, 5) is 17.6. The van der Waals surface area contributed by atoms with Gasteiger partial charge in [0.2, 0.25) is 0 Å². The van der Waals surface area contributed by atoms with Crippen molar-refractivity contribution in [1.29, 1.82) is 0 Å². The van der Waals surface area contributed by atoms with Crippen LogP contribution in [0.3, 0.4) is 0 Å². The van der Waals surface area contributed by atoms with Gasteiger partial charge in [-0.25, -0.2) is 0 Å². The van der Waals surface area contributed by atoms with Gasteiger partial charge in [0, 0.05) is 42.0 Å². The van der Waals surface area contributed by atoms with E-state index in [1.807, 2.05) is 36.2 Å². The zero-order valence-corrected chi connectivity index (χ0v) is 16.9. The van der Waals surface area contributed by atoms with Crippen LogP contribution < -0.4 is 0 Å². The fraction of sp³-hybridized carbons (Fsp3) is 0.650. The van der Waals surface area contributed by atoms with E-state index < -0.39 is 5.79 Å². The maximum atomic E-state index is 13.1. The fourth-order valence-corrected chi connectivity index (χ4v) is 4.98. The molecule has 3 aliphatic rings. The van der Waals surface area contributed by atoms with Crippen LogP contribution in [0.4, 0.5) is 0 Å². The van der Waals surface area contributed by atoms with Gasteiger partial charge in [-0.05, 0) is 56.6 Å². The maximum absolute atomic E-state index is 13.1. The lowest BCUT2D eigenvalue weighted by Crippen LogP contribution is -2.58. The Morgan fingerprint density at radius 1 is 1.19 bits per heavy atom. The van der Waals surface area contributed by atoms with Gasteiger partial charge in [-0.3, -0.25) is 9.69 Å². The molecule has 0 radical (unpaired) electrons. The van der Waals surface area contributed by atoms with Crippen LogP contribution in [0.2, 0.25) is 0 Å². The molecule has 0 N–H and O–H groups in total. The Labute approximate surface area is 163 Å². The quantitative estimate of drug-likeness (QED) is 0.749. The molecular formula is C20H27BrN2O3. The van der Waals surface area contributed by atoms with E-state index in [1.54, 1.807) is 0 Å². The van der Waals surface area contributed by atoms with E-state index in [0.29, 0.717) is 19.3 Å². The molecule has 6 heteroatoms. The van der Waals surface area contributed by atoms with Gasteiger partial charge in [-0.1, -0.05) is 15.9 Å². The first kappa shape index (κ1) is 18.4. The number of ether oxygens (including phenoxy) is 2. The van der Waals surface area contributed by atoms with Gasteiger partial charge in [0.05, 0.1) is 13.2 Å². The summed E-state index contributed by atoms with van der Waals surface area (Å²) in [7, 11) is 1.95.